The van der Waals surface area contributed by atoms with Crippen molar-refractivity contribution in [3.63, 3.8) is 0 Å². The molecule has 0 aromatic heterocycles. The van der Waals surface area contributed by atoms with E-state index in [9.17, 15) is 9.90 Å². The van der Waals surface area contributed by atoms with Gasteiger partial charge in [-0.25, -0.2) is 4.79 Å². The van der Waals surface area contributed by atoms with Gasteiger partial charge in [0.05, 0.1) is 6.10 Å². The van der Waals surface area contributed by atoms with Crippen LogP contribution in [-0.2, 0) is 0 Å². The molecule has 4 heteroatoms. The molecule has 1 saturated heterocycles. The summed E-state index contributed by atoms with van der Waals surface area (Å²) in [6, 6.07) is 8.30. The Morgan fingerprint density at radius 1 is 1.52 bits per heavy atom. The topological polar surface area (TPSA) is 52.6 Å². The second kappa shape index (κ2) is 6.94. The van der Waals surface area contributed by atoms with Gasteiger partial charge in [0.1, 0.15) is 0 Å². The number of amides is 2. The molecule has 21 heavy (non-hydrogen) atoms. The maximum atomic E-state index is 12.2. The number of aliphatic hydroxyl groups excluding tert-OH is 1. The van der Waals surface area contributed by atoms with Gasteiger partial charge in [-0.2, -0.15) is 0 Å². The lowest BCUT2D eigenvalue weighted by Gasteiger charge is -2.34. The molecular weight excluding hydrogens is 264 g/mol. The third kappa shape index (κ3) is 4.21. The van der Waals surface area contributed by atoms with Gasteiger partial charge in [0.25, 0.3) is 0 Å². The first-order chi connectivity index (χ1) is 9.97. The highest BCUT2D eigenvalue weighted by Gasteiger charge is 2.27. The van der Waals surface area contributed by atoms with E-state index >= 15 is 0 Å². The lowest BCUT2D eigenvalue weighted by atomic mass is 9.96. The summed E-state index contributed by atoms with van der Waals surface area (Å²) in [7, 11) is 0. The molecule has 4 nitrogen and oxygen atoms in total. The van der Waals surface area contributed by atoms with E-state index in [1.54, 1.807) is 4.90 Å². The highest BCUT2D eigenvalue weighted by Crippen LogP contribution is 2.18. The van der Waals surface area contributed by atoms with Crippen molar-refractivity contribution in [3.05, 3.63) is 35.4 Å². The van der Waals surface area contributed by atoms with Gasteiger partial charge >= 0.3 is 6.03 Å². The van der Waals surface area contributed by atoms with Gasteiger partial charge < -0.3 is 15.3 Å². The van der Waals surface area contributed by atoms with Crippen LogP contribution in [0.1, 0.15) is 37.3 Å². The predicted octanol–water partition coefficient (Wildman–Crippen LogP) is 2.51. The van der Waals surface area contributed by atoms with Crippen molar-refractivity contribution in [2.45, 2.75) is 39.2 Å². The summed E-state index contributed by atoms with van der Waals surface area (Å²) in [6.45, 7) is 7.99. The van der Waals surface area contributed by atoms with Gasteiger partial charge in [-0.15, -0.1) is 0 Å². The van der Waals surface area contributed by atoms with Crippen LogP contribution in [0.15, 0.2) is 24.3 Å². The largest absolute Gasteiger partial charge is 0.391 e. The van der Waals surface area contributed by atoms with E-state index in [0.717, 1.165) is 13.0 Å². The van der Waals surface area contributed by atoms with Crippen LogP contribution in [0.25, 0.3) is 0 Å². The number of aryl methyl sites for hydroxylation is 1. The predicted molar refractivity (Wildman–Crippen MR) is 84.4 cm³/mol. The van der Waals surface area contributed by atoms with E-state index in [4.69, 9.17) is 0 Å². The first-order valence-corrected chi connectivity index (χ1v) is 7.74. The van der Waals surface area contributed by atoms with Crippen LogP contribution in [0.4, 0.5) is 4.79 Å². The molecule has 2 N–H and O–H groups in total. The van der Waals surface area contributed by atoms with E-state index in [-0.39, 0.29) is 17.9 Å². The molecule has 1 aliphatic rings. The molecule has 0 saturated carbocycles. The molecule has 3 unspecified atom stereocenters. The van der Waals surface area contributed by atoms with Gasteiger partial charge in [0.15, 0.2) is 0 Å². The summed E-state index contributed by atoms with van der Waals surface area (Å²) < 4.78 is 0. The second-order valence-corrected chi connectivity index (χ2v) is 6.28. The number of hydrogen-bond donors (Lipinski definition) is 2. The van der Waals surface area contributed by atoms with Crippen LogP contribution >= 0.6 is 0 Å². The molecule has 0 aliphatic carbocycles. The number of nitrogens with one attached hydrogen (secondary N) is 1. The number of rotatable bonds is 3. The minimum atomic E-state index is -0.404. The van der Waals surface area contributed by atoms with Crippen LogP contribution in [0.3, 0.4) is 0 Å². The van der Waals surface area contributed by atoms with E-state index in [0.29, 0.717) is 13.1 Å². The third-order valence-electron chi connectivity index (χ3n) is 4.38. The van der Waals surface area contributed by atoms with Crippen molar-refractivity contribution in [2.24, 2.45) is 5.92 Å². The molecule has 0 spiro atoms. The van der Waals surface area contributed by atoms with Gasteiger partial charge in [-0.3, -0.25) is 0 Å². The molecule has 1 aromatic carbocycles. The minimum Gasteiger partial charge on any atom is -0.391 e. The van der Waals surface area contributed by atoms with Gasteiger partial charge in [0, 0.05) is 19.6 Å². The van der Waals surface area contributed by atoms with Crippen molar-refractivity contribution in [2.75, 3.05) is 19.6 Å². The lowest BCUT2D eigenvalue weighted by Crippen LogP contribution is -2.50. The highest BCUT2D eigenvalue weighted by atomic mass is 16.3. The van der Waals surface area contributed by atoms with E-state index < -0.39 is 6.10 Å². The Morgan fingerprint density at radius 3 is 2.95 bits per heavy atom. The third-order valence-corrected chi connectivity index (χ3v) is 4.38. The van der Waals surface area contributed by atoms with Crippen LogP contribution in [0.5, 0.6) is 0 Å². The number of piperidine rings is 1. The number of aliphatic hydroxyl groups is 1. The molecule has 0 radical (unpaired) electrons. The van der Waals surface area contributed by atoms with E-state index in [1.165, 1.54) is 11.1 Å². The van der Waals surface area contributed by atoms with Crippen LogP contribution < -0.4 is 5.32 Å². The number of β-amino-alcohol motifs (C(OH)–C–C–N with tert-alkyl or cyclic N) is 1. The van der Waals surface area contributed by atoms with Crippen molar-refractivity contribution < 1.29 is 9.90 Å². The van der Waals surface area contributed by atoms with E-state index in [2.05, 4.69) is 37.4 Å². The summed E-state index contributed by atoms with van der Waals surface area (Å²) in [4.78, 5) is 13.9. The normalized spacial score (nSPS) is 23.7. The SMILES string of the molecule is Cc1cccc(C(C)CNC(=O)N2CCC(C)C(O)C2)c1. The van der Waals surface area contributed by atoms with Crippen molar-refractivity contribution >= 4 is 6.03 Å². The summed E-state index contributed by atoms with van der Waals surface area (Å²) in [5, 5.41) is 12.8. The average molecular weight is 290 g/mol. The van der Waals surface area contributed by atoms with Crippen LogP contribution in [0, 0.1) is 12.8 Å². The summed E-state index contributed by atoms with van der Waals surface area (Å²) in [5.41, 5.74) is 2.47. The molecule has 1 fully saturated rings. The fourth-order valence-electron chi connectivity index (χ4n) is 2.68. The Hall–Kier alpha value is -1.55. The smallest absolute Gasteiger partial charge is 0.317 e. The zero-order valence-corrected chi connectivity index (χ0v) is 13.2. The fraction of sp³-hybridized carbons (Fsp3) is 0.588. The highest BCUT2D eigenvalue weighted by molar-refractivity contribution is 5.74. The van der Waals surface area contributed by atoms with E-state index in [1.807, 2.05) is 13.0 Å². The van der Waals surface area contributed by atoms with Crippen molar-refractivity contribution in [1.29, 1.82) is 0 Å². The standard InChI is InChI=1S/C17H26N2O2/c1-12-5-4-6-15(9-12)14(3)10-18-17(21)19-8-7-13(2)16(20)11-19/h4-6,9,13-14,16,20H,7-8,10-11H2,1-3H3,(H,18,21). The molecule has 1 heterocycles. The molecule has 1 aliphatic heterocycles. The number of nitrogens with zero attached hydrogens (tertiary/aromatic N) is 1. The quantitative estimate of drug-likeness (QED) is 0.898. The van der Waals surface area contributed by atoms with Crippen molar-refractivity contribution in [3.8, 4) is 0 Å². The maximum Gasteiger partial charge on any atom is 0.317 e. The molecule has 2 rings (SSSR count). The first-order valence-electron chi connectivity index (χ1n) is 7.74. The number of carbonyl (C=O) groups excluding carboxylic acids is 1. The Labute approximate surface area is 127 Å². The van der Waals surface area contributed by atoms with Gasteiger partial charge in [-0.05, 0) is 30.7 Å². The zero-order chi connectivity index (χ0) is 15.4. The molecule has 0 bridgehead atoms. The van der Waals surface area contributed by atoms with Gasteiger partial charge in [-0.1, -0.05) is 43.7 Å². The number of likely N-dealkylation sites (tertiary alicyclic amines) is 1. The Bertz CT molecular complexity index is 489. The molecule has 116 valence electrons. The Morgan fingerprint density at radius 2 is 2.29 bits per heavy atom. The van der Waals surface area contributed by atoms with Crippen molar-refractivity contribution in [1.82, 2.24) is 10.2 Å². The minimum absolute atomic E-state index is 0.0690. The molecule has 1 aromatic rings. The summed E-state index contributed by atoms with van der Waals surface area (Å²) >= 11 is 0. The second-order valence-electron chi connectivity index (χ2n) is 6.28. The molecule has 3 atom stereocenters. The molecule has 2 amide bonds. The molecular formula is C17H26N2O2. The summed E-state index contributed by atoms with van der Waals surface area (Å²) in [5.74, 6) is 0.558. The van der Waals surface area contributed by atoms with Crippen LogP contribution in [-0.4, -0.2) is 41.8 Å². The number of carbonyl (C=O) groups is 1. The Balaban J connectivity index is 1.84. The fourth-order valence-corrected chi connectivity index (χ4v) is 2.68. The average Bonchev–Trinajstić information content (AvgIpc) is 2.47. The van der Waals surface area contributed by atoms with Crippen LogP contribution in [0.2, 0.25) is 0 Å². The lowest BCUT2D eigenvalue weighted by molar-refractivity contribution is 0.0435. The monoisotopic (exact) mass is 290 g/mol. The number of benzene rings is 1. The summed E-state index contributed by atoms with van der Waals surface area (Å²) in [6.07, 6.45) is 0.459. The maximum absolute atomic E-state index is 12.2. The zero-order valence-electron chi connectivity index (χ0n) is 13.2. The first kappa shape index (κ1) is 15.8. The number of urea groups is 1. The number of hydrogen-bond acceptors (Lipinski definition) is 2. The van der Waals surface area contributed by atoms with Gasteiger partial charge in [0.2, 0.25) is 0 Å². The Kier molecular flexibility index (Phi) is 5.23.